The van der Waals surface area contributed by atoms with Crippen molar-refractivity contribution in [3.8, 4) is 5.75 Å². The Morgan fingerprint density at radius 2 is 1.94 bits per heavy atom. The molecule has 1 aromatic carbocycles. The molecule has 8 nitrogen and oxygen atoms in total. The van der Waals surface area contributed by atoms with Gasteiger partial charge in [-0.1, -0.05) is 6.92 Å². The second kappa shape index (κ2) is 12.4. The quantitative estimate of drug-likeness (QED) is 0.662. The van der Waals surface area contributed by atoms with Gasteiger partial charge < -0.3 is 24.4 Å². The molecular formula is C23H34F3N3O5. The fourth-order valence-electron chi connectivity index (χ4n) is 3.83. The van der Waals surface area contributed by atoms with Crippen molar-refractivity contribution in [2.75, 3.05) is 59.4 Å². The Bertz CT molecular complexity index is 837. The molecular weight excluding hydrogens is 455 g/mol. The van der Waals surface area contributed by atoms with Crippen LogP contribution in [0.5, 0.6) is 5.75 Å². The van der Waals surface area contributed by atoms with Gasteiger partial charge in [-0.3, -0.25) is 14.5 Å². The molecule has 0 fully saturated rings. The number of carbonyl (C=O) groups is 2. The highest BCUT2D eigenvalue weighted by atomic mass is 19.4. The average Bonchev–Trinajstić information content (AvgIpc) is 2.76. The molecule has 2 rings (SSSR count). The topological polar surface area (TPSA) is 80.3 Å². The van der Waals surface area contributed by atoms with Crippen LogP contribution in [0.25, 0.3) is 0 Å². The average molecular weight is 490 g/mol. The van der Waals surface area contributed by atoms with Crippen molar-refractivity contribution in [1.29, 1.82) is 0 Å². The zero-order valence-corrected chi connectivity index (χ0v) is 20.3. The number of nitrogens with zero attached hydrogens (tertiary/aromatic N) is 2. The van der Waals surface area contributed by atoms with Crippen molar-refractivity contribution in [3.05, 3.63) is 23.8 Å². The number of ether oxygens (including phenoxy) is 3. The molecule has 3 atom stereocenters. The predicted octanol–water partition coefficient (Wildman–Crippen LogP) is 3.03. The molecule has 0 spiro atoms. The van der Waals surface area contributed by atoms with E-state index in [2.05, 4.69) is 5.32 Å². The van der Waals surface area contributed by atoms with Crippen LogP contribution in [0.3, 0.4) is 0 Å². The maximum absolute atomic E-state index is 13.2. The second-order valence-corrected chi connectivity index (χ2v) is 8.65. The Morgan fingerprint density at radius 3 is 2.56 bits per heavy atom. The number of methoxy groups -OCH3 is 2. The number of likely N-dealkylation sites (N-methyl/N-ethyl adjacent to an activating group) is 1. The Hall–Kier alpha value is -2.37. The summed E-state index contributed by atoms with van der Waals surface area (Å²) in [6.45, 7) is 4.03. The Labute approximate surface area is 198 Å². The van der Waals surface area contributed by atoms with Crippen LogP contribution in [0, 0.1) is 5.92 Å². The van der Waals surface area contributed by atoms with Crippen molar-refractivity contribution < 1.29 is 37.0 Å². The van der Waals surface area contributed by atoms with Gasteiger partial charge in [0, 0.05) is 58.7 Å². The van der Waals surface area contributed by atoms with E-state index in [0.717, 1.165) is 0 Å². The number of amides is 2. The van der Waals surface area contributed by atoms with E-state index in [1.165, 1.54) is 25.2 Å². The Balaban J connectivity index is 2.37. The van der Waals surface area contributed by atoms with Crippen LogP contribution < -0.4 is 10.1 Å². The molecule has 0 aliphatic carbocycles. The Morgan fingerprint density at radius 1 is 1.24 bits per heavy atom. The fraction of sp³-hybridized carbons (Fsp3) is 0.652. The summed E-state index contributed by atoms with van der Waals surface area (Å²) in [5.41, 5.74) is 0.692. The molecule has 1 N–H and O–H groups in total. The molecule has 1 aliphatic heterocycles. The van der Waals surface area contributed by atoms with Gasteiger partial charge in [-0.05, 0) is 25.0 Å². The summed E-state index contributed by atoms with van der Waals surface area (Å²) >= 11 is 0. The molecule has 0 saturated carbocycles. The third kappa shape index (κ3) is 8.14. The minimum absolute atomic E-state index is 0.0572. The smallest absolute Gasteiger partial charge is 0.390 e. The summed E-state index contributed by atoms with van der Waals surface area (Å²) in [6.07, 6.45) is -5.58. The molecule has 0 saturated heterocycles. The van der Waals surface area contributed by atoms with Crippen molar-refractivity contribution >= 4 is 17.5 Å². The van der Waals surface area contributed by atoms with Crippen molar-refractivity contribution in [1.82, 2.24) is 9.80 Å². The largest absolute Gasteiger partial charge is 0.491 e. The number of alkyl halides is 3. The number of fused-ring (bicyclic) bond motifs is 1. The number of anilines is 1. The first-order chi connectivity index (χ1) is 15.9. The standard InChI is InChI=1S/C23H34F3N3O5/c1-15-11-29(9-8-23(24,25)26)16(2)13-34-19-10-17(27-21(30)14-32-4)6-7-18(19)22(31)28(3)12-20(15)33-5/h6-7,10,15-16,20H,8-9,11-14H2,1-5H3,(H,27,30)/t15-,16-,20+/m0/s1. The minimum atomic E-state index is -4.28. The number of carbonyl (C=O) groups excluding carboxylic acids is 2. The highest BCUT2D eigenvalue weighted by molar-refractivity contribution is 5.98. The Kier molecular flexibility index (Phi) is 10.1. The van der Waals surface area contributed by atoms with Crippen LogP contribution in [0.1, 0.15) is 30.6 Å². The number of benzene rings is 1. The lowest BCUT2D eigenvalue weighted by Gasteiger charge is -2.36. The molecule has 0 aromatic heterocycles. The van der Waals surface area contributed by atoms with Gasteiger partial charge in [0.15, 0.2) is 0 Å². The van der Waals surface area contributed by atoms with Gasteiger partial charge in [0.05, 0.1) is 18.1 Å². The van der Waals surface area contributed by atoms with Crippen LogP contribution in [-0.2, 0) is 14.3 Å². The van der Waals surface area contributed by atoms with Gasteiger partial charge in [-0.2, -0.15) is 13.2 Å². The summed E-state index contributed by atoms with van der Waals surface area (Å²) in [5, 5.41) is 2.66. The zero-order valence-electron chi connectivity index (χ0n) is 20.3. The number of rotatable bonds is 6. The maximum Gasteiger partial charge on any atom is 0.390 e. The molecule has 0 bridgehead atoms. The number of hydrogen-bond acceptors (Lipinski definition) is 6. The van der Waals surface area contributed by atoms with Gasteiger partial charge in [0.2, 0.25) is 5.91 Å². The zero-order chi connectivity index (χ0) is 25.5. The maximum atomic E-state index is 13.2. The first-order valence-corrected chi connectivity index (χ1v) is 11.1. The van der Waals surface area contributed by atoms with Crippen LogP contribution in [0.15, 0.2) is 18.2 Å². The van der Waals surface area contributed by atoms with Crippen LogP contribution in [0.4, 0.5) is 18.9 Å². The summed E-state index contributed by atoms with van der Waals surface area (Å²) in [4.78, 5) is 28.3. The van der Waals surface area contributed by atoms with Gasteiger partial charge >= 0.3 is 6.18 Å². The van der Waals surface area contributed by atoms with Crippen molar-refractivity contribution in [2.45, 2.75) is 38.6 Å². The van der Waals surface area contributed by atoms with E-state index >= 15 is 0 Å². The number of halogens is 3. The normalized spacial score (nSPS) is 22.9. The lowest BCUT2D eigenvalue weighted by molar-refractivity contribution is -0.140. The molecule has 1 aromatic rings. The molecule has 192 valence electrons. The highest BCUT2D eigenvalue weighted by Crippen LogP contribution is 2.27. The molecule has 1 heterocycles. The molecule has 34 heavy (non-hydrogen) atoms. The van der Waals surface area contributed by atoms with E-state index in [9.17, 15) is 22.8 Å². The van der Waals surface area contributed by atoms with Gasteiger partial charge in [0.1, 0.15) is 19.0 Å². The van der Waals surface area contributed by atoms with E-state index in [1.54, 1.807) is 31.0 Å². The van der Waals surface area contributed by atoms with E-state index in [1.807, 2.05) is 6.92 Å². The summed E-state index contributed by atoms with van der Waals surface area (Å²) in [6, 6.07) is 4.31. The van der Waals surface area contributed by atoms with Crippen molar-refractivity contribution in [3.63, 3.8) is 0 Å². The number of nitrogens with one attached hydrogen (secondary N) is 1. The SMILES string of the molecule is COCC(=O)Nc1ccc2c(c1)OC[C@H](C)N(CCC(F)(F)F)C[C@H](C)[C@H](OC)CN(C)C2=O. The molecule has 2 amide bonds. The first kappa shape index (κ1) is 27.9. The third-order valence-corrected chi connectivity index (χ3v) is 5.82. The van der Waals surface area contributed by atoms with E-state index in [0.29, 0.717) is 12.2 Å². The van der Waals surface area contributed by atoms with Crippen LogP contribution in [0.2, 0.25) is 0 Å². The van der Waals surface area contributed by atoms with E-state index in [4.69, 9.17) is 14.2 Å². The first-order valence-electron chi connectivity index (χ1n) is 11.1. The second-order valence-electron chi connectivity index (χ2n) is 8.65. The van der Waals surface area contributed by atoms with Gasteiger partial charge in [-0.15, -0.1) is 0 Å². The van der Waals surface area contributed by atoms with E-state index < -0.39 is 12.6 Å². The molecule has 0 unspecified atom stereocenters. The van der Waals surface area contributed by atoms with E-state index in [-0.39, 0.29) is 67.5 Å². The van der Waals surface area contributed by atoms with Gasteiger partial charge in [-0.25, -0.2) is 0 Å². The minimum Gasteiger partial charge on any atom is -0.491 e. The van der Waals surface area contributed by atoms with Crippen LogP contribution in [-0.4, -0.2) is 94.1 Å². The van der Waals surface area contributed by atoms with Gasteiger partial charge in [0.25, 0.3) is 5.91 Å². The summed E-state index contributed by atoms with van der Waals surface area (Å²) in [7, 11) is 4.56. The lowest BCUT2D eigenvalue weighted by Crippen LogP contribution is -2.47. The molecule has 0 radical (unpaired) electrons. The summed E-state index contributed by atoms with van der Waals surface area (Å²) in [5.74, 6) is -0.561. The predicted molar refractivity (Wildman–Crippen MR) is 121 cm³/mol. The van der Waals surface area contributed by atoms with Crippen LogP contribution >= 0.6 is 0 Å². The number of hydrogen-bond donors (Lipinski definition) is 1. The lowest BCUT2D eigenvalue weighted by atomic mass is 10.0. The third-order valence-electron chi connectivity index (χ3n) is 5.82. The molecule has 11 heteroatoms. The van der Waals surface area contributed by atoms with Crippen molar-refractivity contribution in [2.24, 2.45) is 5.92 Å². The molecule has 1 aliphatic rings. The summed E-state index contributed by atoms with van der Waals surface area (Å²) < 4.78 is 55.2. The highest BCUT2D eigenvalue weighted by Gasteiger charge is 2.32. The fourth-order valence-corrected chi connectivity index (χ4v) is 3.83. The monoisotopic (exact) mass is 489 g/mol.